The third-order valence-electron chi connectivity index (χ3n) is 3.97. The van der Waals surface area contributed by atoms with Gasteiger partial charge >= 0.3 is 6.36 Å². The third-order valence-corrected chi connectivity index (χ3v) is 3.97. The number of aliphatic hydroxyl groups excluding tert-OH is 1. The Morgan fingerprint density at radius 3 is 2.79 bits per heavy atom. The molecule has 2 atom stereocenters. The summed E-state index contributed by atoms with van der Waals surface area (Å²) in [5.74, 6) is -0.508. The molecule has 24 heavy (non-hydrogen) atoms. The predicted molar refractivity (Wildman–Crippen MR) is 82.8 cm³/mol. The first-order chi connectivity index (χ1) is 11.2. The van der Waals surface area contributed by atoms with Gasteiger partial charge < -0.3 is 14.7 Å². The van der Waals surface area contributed by atoms with E-state index in [4.69, 9.17) is 0 Å². The fourth-order valence-electron chi connectivity index (χ4n) is 2.73. The van der Waals surface area contributed by atoms with Crippen molar-refractivity contribution in [2.75, 3.05) is 25.0 Å². The lowest BCUT2D eigenvalue weighted by atomic mass is 10.2. The van der Waals surface area contributed by atoms with Crippen LogP contribution in [0.25, 0.3) is 0 Å². The summed E-state index contributed by atoms with van der Waals surface area (Å²) in [5.41, 5.74) is 0.383. The topological polar surface area (TPSA) is 53.0 Å². The maximum Gasteiger partial charge on any atom is 0.573 e. The van der Waals surface area contributed by atoms with Gasteiger partial charge in [-0.25, -0.2) is 0 Å². The average molecular weight is 346 g/mol. The zero-order valence-corrected chi connectivity index (χ0v) is 13.6. The van der Waals surface area contributed by atoms with Gasteiger partial charge in [0, 0.05) is 24.8 Å². The average Bonchev–Trinajstić information content (AvgIpc) is 2.85. The van der Waals surface area contributed by atoms with E-state index in [1.54, 1.807) is 20.0 Å². The van der Waals surface area contributed by atoms with Crippen molar-refractivity contribution in [3.8, 4) is 5.75 Å². The normalized spacial score (nSPS) is 19.9. The van der Waals surface area contributed by atoms with Crippen LogP contribution < -0.4 is 9.64 Å². The van der Waals surface area contributed by atoms with Crippen molar-refractivity contribution >= 4 is 11.6 Å². The molecule has 1 fully saturated rings. The molecule has 1 aliphatic heterocycles. The van der Waals surface area contributed by atoms with Crippen LogP contribution >= 0.6 is 0 Å². The number of alkyl halides is 3. The highest BCUT2D eigenvalue weighted by molar-refractivity contribution is 5.99. The lowest BCUT2D eigenvalue weighted by Crippen LogP contribution is -2.40. The van der Waals surface area contributed by atoms with Crippen molar-refractivity contribution in [2.24, 2.45) is 0 Å². The smallest absolute Gasteiger partial charge is 0.406 e. The minimum absolute atomic E-state index is 0.160. The molecule has 2 rings (SSSR count). The first kappa shape index (κ1) is 18.5. The van der Waals surface area contributed by atoms with Gasteiger partial charge in [0.15, 0.2) is 0 Å². The van der Waals surface area contributed by atoms with E-state index in [0.717, 1.165) is 0 Å². The summed E-state index contributed by atoms with van der Waals surface area (Å²) in [7, 11) is 1.80. The van der Waals surface area contributed by atoms with Crippen molar-refractivity contribution in [1.29, 1.82) is 0 Å². The van der Waals surface area contributed by atoms with E-state index in [1.165, 1.54) is 23.1 Å². The Morgan fingerprint density at radius 2 is 2.17 bits per heavy atom. The first-order valence-corrected chi connectivity index (χ1v) is 7.73. The van der Waals surface area contributed by atoms with E-state index in [0.29, 0.717) is 31.6 Å². The molecule has 5 nitrogen and oxygen atoms in total. The van der Waals surface area contributed by atoms with Gasteiger partial charge in [-0.1, -0.05) is 6.07 Å². The SMILES string of the molecule is CC(O)CCN(C)C1CCN(c2cccc(OC(F)(F)F)c2)C1=O. The summed E-state index contributed by atoms with van der Waals surface area (Å²) in [6.45, 7) is 2.68. The second-order valence-corrected chi connectivity index (χ2v) is 5.96. The number of hydrogen-bond donors (Lipinski definition) is 1. The highest BCUT2D eigenvalue weighted by Gasteiger charge is 2.36. The van der Waals surface area contributed by atoms with Crippen LogP contribution in [0.15, 0.2) is 24.3 Å². The molecule has 1 saturated heterocycles. The van der Waals surface area contributed by atoms with Gasteiger partial charge in [0.1, 0.15) is 5.75 Å². The molecule has 0 aliphatic carbocycles. The molecule has 1 N–H and O–H groups in total. The van der Waals surface area contributed by atoms with Crippen LogP contribution in [-0.4, -0.2) is 54.6 Å². The predicted octanol–water partition coefficient (Wildman–Crippen LogP) is 2.39. The molecule has 1 aromatic rings. The second-order valence-electron chi connectivity index (χ2n) is 5.96. The number of carbonyl (C=O) groups excluding carboxylic acids is 1. The van der Waals surface area contributed by atoms with Crippen LogP contribution in [0.3, 0.4) is 0 Å². The fraction of sp³-hybridized carbons (Fsp3) is 0.562. The number of anilines is 1. The van der Waals surface area contributed by atoms with E-state index in [9.17, 15) is 23.1 Å². The standard InChI is InChI=1S/C16H21F3N2O3/c1-11(22)6-8-20(2)14-7-9-21(15(14)23)12-4-3-5-13(10-12)24-16(17,18)19/h3-5,10-11,14,22H,6-9H2,1-2H3. The number of amides is 1. The van der Waals surface area contributed by atoms with E-state index in [1.807, 2.05) is 4.90 Å². The molecule has 8 heteroatoms. The van der Waals surface area contributed by atoms with Crippen LogP contribution in [0.5, 0.6) is 5.75 Å². The number of carbonyl (C=O) groups is 1. The van der Waals surface area contributed by atoms with Gasteiger partial charge in [0.05, 0.1) is 12.1 Å². The van der Waals surface area contributed by atoms with E-state index >= 15 is 0 Å². The molecule has 0 bridgehead atoms. The van der Waals surface area contributed by atoms with Gasteiger partial charge in [0.25, 0.3) is 0 Å². The lowest BCUT2D eigenvalue weighted by molar-refractivity contribution is -0.274. The molecule has 1 amide bonds. The summed E-state index contributed by atoms with van der Waals surface area (Å²) >= 11 is 0. The first-order valence-electron chi connectivity index (χ1n) is 7.73. The van der Waals surface area contributed by atoms with Gasteiger partial charge in [-0.15, -0.1) is 13.2 Å². The number of nitrogens with zero attached hydrogens (tertiary/aromatic N) is 2. The molecular weight excluding hydrogens is 325 g/mol. The van der Waals surface area contributed by atoms with Crippen LogP contribution in [0.1, 0.15) is 19.8 Å². The Kier molecular flexibility index (Phi) is 5.71. The number of benzene rings is 1. The number of halogens is 3. The monoisotopic (exact) mass is 346 g/mol. The quantitative estimate of drug-likeness (QED) is 0.859. The van der Waals surface area contributed by atoms with Gasteiger partial charge in [-0.2, -0.15) is 0 Å². The second kappa shape index (κ2) is 7.40. The maximum atomic E-state index is 12.5. The van der Waals surface area contributed by atoms with Crippen LogP contribution in [0.4, 0.5) is 18.9 Å². The Labute approximate surface area is 138 Å². The van der Waals surface area contributed by atoms with Gasteiger partial charge in [-0.05, 0) is 38.9 Å². The highest BCUT2D eigenvalue weighted by Crippen LogP contribution is 2.29. The molecule has 0 spiro atoms. The Morgan fingerprint density at radius 1 is 1.46 bits per heavy atom. The number of aliphatic hydroxyl groups is 1. The molecule has 1 heterocycles. The van der Waals surface area contributed by atoms with Crippen molar-refractivity contribution in [3.05, 3.63) is 24.3 Å². The minimum Gasteiger partial charge on any atom is -0.406 e. The van der Waals surface area contributed by atoms with Crippen molar-refractivity contribution in [1.82, 2.24) is 4.90 Å². The zero-order chi connectivity index (χ0) is 17.9. The molecule has 0 radical (unpaired) electrons. The number of ether oxygens (including phenoxy) is 1. The summed E-state index contributed by atoms with van der Waals surface area (Å²) in [5, 5.41) is 9.34. The molecule has 2 unspecified atom stereocenters. The van der Waals surface area contributed by atoms with Crippen molar-refractivity contribution < 1.29 is 27.8 Å². The minimum atomic E-state index is -4.77. The largest absolute Gasteiger partial charge is 0.573 e. The van der Waals surface area contributed by atoms with Gasteiger partial charge in [0.2, 0.25) is 5.91 Å². The summed E-state index contributed by atoms with van der Waals surface area (Å²) in [6.07, 6.45) is -4.08. The Hall–Kier alpha value is -1.80. The number of rotatable bonds is 6. The van der Waals surface area contributed by atoms with Crippen LogP contribution in [0, 0.1) is 0 Å². The number of likely N-dealkylation sites (N-methyl/N-ethyl adjacent to an activating group) is 1. The molecule has 0 aromatic heterocycles. The fourth-order valence-corrected chi connectivity index (χ4v) is 2.73. The van der Waals surface area contributed by atoms with Gasteiger partial charge in [-0.3, -0.25) is 9.69 Å². The Bertz CT molecular complexity index is 578. The third kappa shape index (κ3) is 4.85. The molecule has 134 valence electrons. The molecule has 1 aromatic carbocycles. The van der Waals surface area contributed by atoms with E-state index in [-0.39, 0.29) is 17.7 Å². The lowest BCUT2D eigenvalue weighted by Gasteiger charge is -2.24. The highest BCUT2D eigenvalue weighted by atomic mass is 19.4. The summed E-state index contributed by atoms with van der Waals surface area (Å²) < 4.78 is 40.8. The maximum absolute atomic E-state index is 12.5. The molecule has 0 saturated carbocycles. The summed E-state index contributed by atoms with van der Waals surface area (Å²) in [6, 6.07) is 5.08. The van der Waals surface area contributed by atoms with E-state index in [2.05, 4.69) is 4.74 Å². The zero-order valence-electron chi connectivity index (χ0n) is 13.6. The van der Waals surface area contributed by atoms with Crippen molar-refractivity contribution in [3.63, 3.8) is 0 Å². The molecule has 1 aliphatic rings. The van der Waals surface area contributed by atoms with Crippen molar-refractivity contribution in [2.45, 2.75) is 38.3 Å². The summed E-state index contributed by atoms with van der Waals surface area (Å²) in [4.78, 5) is 15.9. The number of hydrogen-bond acceptors (Lipinski definition) is 4. The molecular formula is C16H21F3N2O3. The Balaban J connectivity index is 2.06. The van der Waals surface area contributed by atoms with Crippen LogP contribution in [0.2, 0.25) is 0 Å². The van der Waals surface area contributed by atoms with E-state index < -0.39 is 12.5 Å². The van der Waals surface area contributed by atoms with Crippen LogP contribution in [-0.2, 0) is 4.79 Å².